The van der Waals surface area contributed by atoms with E-state index in [2.05, 4.69) is 27.0 Å². The molecule has 0 saturated heterocycles. The highest BCUT2D eigenvalue weighted by Crippen LogP contribution is 2.38. The summed E-state index contributed by atoms with van der Waals surface area (Å²) >= 11 is 5.14. The molecule has 23 heavy (non-hydrogen) atoms. The first-order valence-corrected chi connectivity index (χ1v) is 8.95. The summed E-state index contributed by atoms with van der Waals surface area (Å²) in [5, 5.41) is 10.1. The molecule has 4 nitrogen and oxygen atoms in total. The minimum Gasteiger partial charge on any atom is -0.486 e. The van der Waals surface area contributed by atoms with Crippen LogP contribution in [0.4, 0.5) is 0 Å². The molecular formula is C17H15BrN2O2S. The lowest BCUT2D eigenvalue weighted by Gasteiger charge is -2.20. The second-order valence-corrected chi connectivity index (χ2v) is 7.07. The Kier molecular flexibility index (Phi) is 4.79. The summed E-state index contributed by atoms with van der Waals surface area (Å²) in [4.78, 5) is 4.51. The molecule has 0 atom stereocenters. The summed E-state index contributed by atoms with van der Waals surface area (Å²) in [5.74, 6) is 2.23. The molecule has 0 amide bonds. The number of nitrogens with zero attached hydrogens (tertiary/aromatic N) is 2. The third-order valence-electron chi connectivity index (χ3n) is 3.50. The highest BCUT2D eigenvalue weighted by molar-refractivity contribution is 9.10. The molecule has 118 valence electrons. The zero-order valence-corrected chi connectivity index (χ0v) is 15.3. The monoisotopic (exact) mass is 390 g/mol. The number of aromatic nitrogens is 1. The summed E-state index contributed by atoms with van der Waals surface area (Å²) in [6.45, 7) is 5.03. The molecule has 2 aromatic rings. The van der Waals surface area contributed by atoms with Gasteiger partial charge in [-0.05, 0) is 43.2 Å². The van der Waals surface area contributed by atoms with Crippen LogP contribution in [0.15, 0.2) is 27.7 Å². The fraction of sp³-hybridized carbons (Fsp3) is 0.294. The van der Waals surface area contributed by atoms with Gasteiger partial charge in [-0.25, -0.2) is 4.98 Å². The first-order chi connectivity index (χ1) is 11.1. The van der Waals surface area contributed by atoms with Gasteiger partial charge in [-0.2, -0.15) is 5.26 Å². The largest absolute Gasteiger partial charge is 0.486 e. The van der Waals surface area contributed by atoms with Gasteiger partial charge >= 0.3 is 0 Å². The predicted molar refractivity (Wildman–Crippen MR) is 93.1 cm³/mol. The second kappa shape index (κ2) is 6.81. The number of hydrogen-bond acceptors (Lipinski definition) is 5. The van der Waals surface area contributed by atoms with Crippen LogP contribution in [0.1, 0.15) is 22.4 Å². The van der Waals surface area contributed by atoms with Crippen LogP contribution in [0.25, 0.3) is 0 Å². The van der Waals surface area contributed by atoms with E-state index in [0.717, 1.165) is 37.8 Å². The number of ether oxygens (including phenoxy) is 2. The minimum absolute atomic E-state index is 0.568. The fourth-order valence-electron chi connectivity index (χ4n) is 2.41. The third kappa shape index (κ3) is 3.46. The van der Waals surface area contributed by atoms with Crippen LogP contribution in [0, 0.1) is 25.2 Å². The summed E-state index contributed by atoms with van der Waals surface area (Å²) in [5.41, 5.74) is 3.62. The number of thioether (sulfide) groups is 1. The highest BCUT2D eigenvalue weighted by Gasteiger charge is 2.16. The van der Waals surface area contributed by atoms with Crippen LogP contribution in [0.3, 0.4) is 0 Å². The second-order valence-electron chi connectivity index (χ2n) is 5.25. The molecule has 0 unspecified atom stereocenters. The Labute approximate surface area is 148 Å². The summed E-state index contributed by atoms with van der Waals surface area (Å²) in [6.07, 6.45) is 0. The van der Waals surface area contributed by atoms with E-state index >= 15 is 0 Å². The van der Waals surface area contributed by atoms with E-state index in [1.165, 1.54) is 0 Å². The van der Waals surface area contributed by atoms with Crippen molar-refractivity contribution in [2.75, 3.05) is 13.2 Å². The van der Waals surface area contributed by atoms with Gasteiger partial charge in [0.25, 0.3) is 0 Å². The third-order valence-corrected chi connectivity index (χ3v) is 5.26. The number of pyridine rings is 1. The van der Waals surface area contributed by atoms with Crippen molar-refractivity contribution in [3.63, 3.8) is 0 Å². The molecular weight excluding hydrogens is 376 g/mol. The van der Waals surface area contributed by atoms with E-state index in [1.54, 1.807) is 11.8 Å². The van der Waals surface area contributed by atoms with Crippen molar-refractivity contribution >= 4 is 27.7 Å². The number of rotatable bonds is 3. The predicted octanol–water partition coefficient (Wildman–Crippen LogP) is 4.40. The van der Waals surface area contributed by atoms with Crippen molar-refractivity contribution in [3.05, 3.63) is 45.1 Å². The quantitative estimate of drug-likeness (QED) is 0.727. The van der Waals surface area contributed by atoms with Crippen molar-refractivity contribution in [2.24, 2.45) is 0 Å². The molecule has 0 spiro atoms. The Hall–Kier alpha value is -1.71. The van der Waals surface area contributed by atoms with Crippen molar-refractivity contribution in [1.82, 2.24) is 4.98 Å². The Morgan fingerprint density at radius 2 is 1.91 bits per heavy atom. The molecule has 0 aliphatic carbocycles. The standard InChI is InChI=1S/C17H15BrN2O2S/c1-10-5-11(2)20-17(13(10)8-19)23-9-12-6-15-16(7-14(12)18)22-4-3-21-15/h5-7H,3-4,9H2,1-2H3. The molecule has 1 aliphatic rings. The lowest BCUT2D eigenvalue weighted by molar-refractivity contribution is 0.171. The molecule has 1 aromatic carbocycles. The van der Waals surface area contributed by atoms with Gasteiger partial charge in [0, 0.05) is 15.9 Å². The van der Waals surface area contributed by atoms with Gasteiger partial charge in [0.15, 0.2) is 11.5 Å². The van der Waals surface area contributed by atoms with E-state index in [0.29, 0.717) is 24.5 Å². The topological polar surface area (TPSA) is 55.1 Å². The van der Waals surface area contributed by atoms with Crippen molar-refractivity contribution in [2.45, 2.75) is 24.6 Å². The number of benzene rings is 1. The first kappa shape index (κ1) is 16.2. The first-order valence-electron chi connectivity index (χ1n) is 7.17. The van der Waals surface area contributed by atoms with Crippen LogP contribution >= 0.6 is 27.7 Å². The maximum Gasteiger partial charge on any atom is 0.162 e. The number of nitriles is 1. The van der Waals surface area contributed by atoms with Crippen LogP contribution in [-0.4, -0.2) is 18.2 Å². The van der Waals surface area contributed by atoms with E-state index in [4.69, 9.17) is 9.47 Å². The van der Waals surface area contributed by atoms with E-state index < -0.39 is 0 Å². The minimum atomic E-state index is 0.568. The Balaban J connectivity index is 1.86. The molecule has 0 saturated carbocycles. The SMILES string of the molecule is Cc1cc(C)c(C#N)c(SCc2cc3c(cc2Br)OCCO3)n1. The average Bonchev–Trinajstić information content (AvgIpc) is 2.52. The molecule has 1 aromatic heterocycles. The molecule has 6 heteroatoms. The van der Waals surface area contributed by atoms with Gasteiger partial charge in [-0.3, -0.25) is 0 Å². The van der Waals surface area contributed by atoms with E-state index in [9.17, 15) is 5.26 Å². The smallest absolute Gasteiger partial charge is 0.162 e. The van der Waals surface area contributed by atoms with Crippen LogP contribution in [0.5, 0.6) is 11.5 Å². The highest BCUT2D eigenvalue weighted by atomic mass is 79.9. The Bertz CT molecular complexity index is 802. The zero-order valence-electron chi connectivity index (χ0n) is 12.9. The molecule has 0 fully saturated rings. The van der Waals surface area contributed by atoms with Crippen molar-refractivity contribution in [3.8, 4) is 17.6 Å². The number of fused-ring (bicyclic) bond motifs is 1. The molecule has 2 heterocycles. The summed E-state index contributed by atoms with van der Waals surface area (Å²) < 4.78 is 12.2. The van der Waals surface area contributed by atoms with E-state index in [1.807, 2.05) is 32.0 Å². The molecule has 0 radical (unpaired) electrons. The van der Waals surface area contributed by atoms with Crippen LogP contribution < -0.4 is 9.47 Å². The van der Waals surface area contributed by atoms with E-state index in [-0.39, 0.29) is 0 Å². The zero-order chi connectivity index (χ0) is 16.4. The Morgan fingerprint density at radius 1 is 1.22 bits per heavy atom. The normalized spacial score (nSPS) is 12.8. The lowest BCUT2D eigenvalue weighted by atomic mass is 10.1. The van der Waals surface area contributed by atoms with Gasteiger partial charge in [-0.1, -0.05) is 15.9 Å². The van der Waals surface area contributed by atoms with Crippen LogP contribution in [-0.2, 0) is 5.75 Å². The van der Waals surface area contributed by atoms with Gasteiger partial charge in [0.05, 0.1) is 5.56 Å². The van der Waals surface area contributed by atoms with Crippen LogP contribution in [0.2, 0.25) is 0 Å². The van der Waals surface area contributed by atoms with Gasteiger partial charge in [0.2, 0.25) is 0 Å². The maximum absolute atomic E-state index is 9.35. The molecule has 0 bridgehead atoms. The average molecular weight is 391 g/mol. The number of halogens is 1. The van der Waals surface area contributed by atoms with Gasteiger partial charge in [-0.15, -0.1) is 11.8 Å². The maximum atomic E-state index is 9.35. The molecule has 1 aliphatic heterocycles. The number of aryl methyl sites for hydroxylation is 2. The fourth-order valence-corrected chi connectivity index (χ4v) is 4.14. The summed E-state index contributed by atoms with van der Waals surface area (Å²) in [7, 11) is 0. The van der Waals surface area contributed by atoms with Crippen molar-refractivity contribution < 1.29 is 9.47 Å². The molecule has 3 rings (SSSR count). The Morgan fingerprint density at radius 3 is 2.61 bits per heavy atom. The van der Waals surface area contributed by atoms with Crippen molar-refractivity contribution in [1.29, 1.82) is 5.26 Å². The summed E-state index contributed by atoms with van der Waals surface area (Å²) in [6, 6.07) is 8.11. The van der Waals surface area contributed by atoms with Gasteiger partial charge < -0.3 is 9.47 Å². The number of hydrogen-bond donors (Lipinski definition) is 0. The molecule has 0 N–H and O–H groups in total. The lowest BCUT2D eigenvalue weighted by Crippen LogP contribution is -2.15. The van der Waals surface area contributed by atoms with Gasteiger partial charge in [0.1, 0.15) is 24.3 Å².